The van der Waals surface area contributed by atoms with Crippen LogP contribution in [0.1, 0.15) is 31.9 Å². The maximum atomic E-state index is 13.6. The zero-order valence-corrected chi connectivity index (χ0v) is 23.5. The molecule has 2 unspecified atom stereocenters. The lowest BCUT2D eigenvalue weighted by atomic mass is 9.79. The summed E-state index contributed by atoms with van der Waals surface area (Å²) in [5.41, 5.74) is 1.65. The molecular weight excluding hydrogens is 548 g/mol. The van der Waals surface area contributed by atoms with Crippen molar-refractivity contribution in [2.24, 2.45) is 17.8 Å². The molecule has 36 heavy (non-hydrogen) atoms. The molecule has 198 valence electrons. The molecule has 2 aromatic rings. The van der Waals surface area contributed by atoms with E-state index in [2.05, 4.69) is 0 Å². The summed E-state index contributed by atoms with van der Waals surface area (Å²) in [6.45, 7) is 6.00. The average molecular weight is 579 g/mol. The van der Waals surface area contributed by atoms with E-state index in [9.17, 15) is 4.57 Å². The molecular formula is C25H31Cl3NO6P. The summed E-state index contributed by atoms with van der Waals surface area (Å²) in [4.78, 5) is 0. The van der Waals surface area contributed by atoms with Gasteiger partial charge < -0.3 is 9.47 Å². The van der Waals surface area contributed by atoms with E-state index < -0.39 is 29.9 Å². The number of nitrogens with one attached hydrogen (secondary N) is 1. The molecule has 3 rings (SSSR count). The van der Waals surface area contributed by atoms with E-state index in [0.29, 0.717) is 0 Å². The minimum Gasteiger partial charge on any atom is -0.448 e. The third-order valence-corrected chi connectivity index (χ3v) is 8.21. The molecule has 0 radical (unpaired) electrons. The van der Waals surface area contributed by atoms with E-state index >= 15 is 0 Å². The van der Waals surface area contributed by atoms with Crippen LogP contribution in [0, 0.1) is 23.2 Å². The van der Waals surface area contributed by atoms with Gasteiger partial charge in [-0.25, -0.2) is 4.57 Å². The number of halogens is 3. The van der Waals surface area contributed by atoms with Gasteiger partial charge in [0.2, 0.25) is 12.2 Å². The third kappa shape index (κ3) is 8.44. The number of phosphoric ester groups is 1. The van der Waals surface area contributed by atoms with Crippen LogP contribution in [0.2, 0.25) is 0 Å². The Morgan fingerprint density at radius 2 is 1.36 bits per heavy atom. The van der Waals surface area contributed by atoms with Crippen molar-refractivity contribution in [3.05, 3.63) is 71.8 Å². The van der Waals surface area contributed by atoms with Crippen molar-refractivity contribution in [2.45, 2.75) is 50.2 Å². The van der Waals surface area contributed by atoms with Crippen LogP contribution in [0.5, 0.6) is 0 Å². The van der Waals surface area contributed by atoms with Gasteiger partial charge in [0.1, 0.15) is 0 Å². The molecule has 11 heteroatoms. The normalized spacial score (nSPS) is 24.9. The lowest BCUT2D eigenvalue weighted by Gasteiger charge is -2.43. The highest BCUT2D eigenvalue weighted by Gasteiger charge is 2.43. The first-order valence-corrected chi connectivity index (χ1v) is 14.2. The highest BCUT2D eigenvalue weighted by atomic mass is 35.6. The number of alkyl halides is 3. The Morgan fingerprint density at radius 3 is 1.83 bits per heavy atom. The van der Waals surface area contributed by atoms with Gasteiger partial charge in [-0.2, -0.15) is 0 Å². The van der Waals surface area contributed by atoms with Gasteiger partial charge in [-0.15, -0.1) is 0 Å². The van der Waals surface area contributed by atoms with Gasteiger partial charge in [0.05, 0.1) is 25.9 Å². The summed E-state index contributed by atoms with van der Waals surface area (Å²) in [6.07, 6.45) is -1.37. The first-order valence-electron chi connectivity index (χ1n) is 11.6. The van der Waals surface area contributed by atoms with Gasteiger partial charge in [0.15, 0.2) is 0 Å². The molecule has 0 aromatic heterocycles. The van der Waals surface area contributed by atoms with Crippen LogP contribution in [0.15, 0.2) is 60.7 Å². The molecule has 1 aliphatic heterocycles. The predicted molar refractivity (Wildman–Crippen MR) is 141 cm³/mol. The van der Waals surface area contributed by atoms with E-state index in [0.717, 1.165) is 11.1 Å². The van der Waals surface area contributed by atoms with Gasteiger partial charge in [0.25, 0.3) is 3.79 Å². The zero-order valence-electron chi connectivity index (χ0n) is 20.3. The minimum atomic E-state index is -3.98. The number of phosphoric acid groups is 1. The smallest absolute Gasteiger partial charge is 0.448 e. The Labute approximate surface area is 227 Å². The van der Waals surface area contributed by atoms with E-state index in [1.807, 2.05) is 81.4 Å². The molecule has 1 heterocycles. The van der Waals surface area contributed by atoms with Crippen LogP contribution < -0.4 is 0 Å². The molecule has 1 N–H and O–H groups in total. The van der Waals surface area contributed by atoms with Crippen LogP contribution in [0.4, 0.5) is 0 Å². The van der Waals surface area contributed by atoms with Crippen LogP contribution in [0.25, 0.3) is 0 Å². The van der Waals surface area contributed by atoms with E-state index in [4.69, 9.17) is 63.3 Å². The van der Waals surface area contributed by atoms with Crippen molar-refractivity contribution in [1.82, 2.24) is 0 Å². The SMILES string of the molecule is CC1[C@H](C)C(COP(=O)(OCc2ccccc2)OCc2ccccc2)O[C@H](OC(=N)C(Cl)(Cl)Cl)[C@@H]1C. The fourth-order valence-electron chi connectivity index (χ4n) is 3.73. The molecule has 0 saturated carbocycles. The first kappa shape index (κ1) is 29.4. The first-order chi connectivity index (χ1) is 17.0. The fourth-order valence-corrected chi connectivity index (χ4v) is 5.03. The van der Waals surface area contributed by atoms with Crippen LogP contribution in [0.3, 0.4) is 0 Å². The van der Waals surface area contributed by atoms with E-state index in [-0.39, 0.29) is 37.6 Å². The van der Waals surface area contributed by atoms with Gasteiger partial charge in [0, 0.05) is 5.92 Å². The topological polar surface area (TPSA) is 87.1 Å². The maximum absolute atomic E-state index is 13.6. The standard InChI is InChI=1S/C25H31Cl3NO6P/c1-17-18(2)22(34-23(19(17)3)35-24(29)25(26,27)28)16-33-36(30,31-14-20-10-6-4-7-11-20)32-15-21-12-8-5-9-13-21/h4-13,17-19,22-23,29H,14-16H2,1-3H3/t17?,18-,19+,22?,23+/m0/s1. The van der Waals surface area contributed by atoms with Gasteiger partial charge in [-0.3, -0.25) is 19.0 Å². The lowest BCUT2D eigenvalue weighted by molar-refractivity contribution is -0.224. The van der Waals surface area contributed by atoms with Crippen molar-refractivity contribution in [2.75, 3.05) is 6.61 Å². The predicted octanol–water partition coefficient (Wildman–Crippen LogP) is 7.54. The summed E-state index contributed by atoms with van der Waals surface area (Å²) in [5, 5.41) is 7.91. The molecule has 7 nitrogen and oxygen atoms in total. The molecule has 1 aliphatic rings. The van der Waals surface area contributed by atoms with Crippen molar-refractivity contribution in [1.29, 1.82) is 5.41 Å². The second-order valence-corrected chi connectivity index (χ2v) is 12.8. The Balaban J connectivity index is 1.69. The average Bonchev–Trinajstić information content (AvgIpc) is 2.86. The second-order valence-electron chi connectivity index (χ2n) is 8.83. The second kappa shape index (κ2) is 13.1. The van der Waals surface area contributed by atoms with E-state index in [1.165, 1.54) is 0 Å². The summed E-state index contributed by atoms with van der Waals surface area (Å²) >= 11 is 17.3. The summed E-state index contributed by atoms with van der Waals surface area (Å²) in [6, 6.07) is 18.7. The van der Waals surface area contributed by atoms with Crippen LogP contribution in [-0.2, 0) is 40.8 Å². The Morgan fingerprint density at radius 1 is 0.861 bits per heavy atom. The van der Waals surface area contributed by atoms with Crippen molar-refractivity contribution < 1.29 is 27.6 Å². The Bertz CT molecular complexity index is 976. The summed E-state index contributed by atoms with van der Waals surface area (Å²) in [7, 11) is -3.98. The van der Waals surface area contributed by atoms with Gasteiger partial charge in [-0.1, -0.05) is 116 Å². The third-order valence-electron chi connectivity index (χ3n) is 6.34. The Kier molecular flexibility index (Phi) is 10.7. The highest BCUT2D eigenvalue weighted by molar-refractivity contribution is 7.48. The maximum Gasteiger partial charge on any atom is 0.475 e. The molecule has 0 bridgehead atoms. The number of hydrogen-bond donors (Lipinski definition) is 1. The number of ether oxygens (including phenoxy) is 2. The van der Waals surface area contributed by atoms with Crippen LogP contribution >= 0.6 is 42.6 Å². The molecule has 5 atom stereocenters. The number of rotatable bonds is 10. The highest BCUT2D eigenvalue weighted by Crippen LogP contribution is 2.52. The number of hydrogen-bond acceptors (Lipinski definition) is 7. The monoisotopic (exact) mass is 577 g/mol. The quantitative estimate of drug-likeness (QED) is 0.136. The Hall–Kier alpha value is -1.15. The molecule has 0 aliphatic carbocycles. The lowest BCUT2D eigenvalue weighted by Crippen LogP contribution is -2.49. The molecule has 1 fully saturated rings. The van der Waals surface area contributed by atoms with Crippen molar-refractivity contribution in [3.63, 3.8) is 0 Å². The molecule has 1 saturated heterocycles. The molecule has 2 aromatic carbocycles. The van der Waals surface area contributed by atoms with Gasteiger partial charge in [-0.05, 0) is 23.0 Å². The number of benzene rings is 2. The van der Waals surface area contributed by atoms with Crippen molar-refractivity contribution >= 4 is 48.5 Å². The van der Waals surface area contributed by atoms with Crippen molar-refractivity contribution in [3.8, 4) is 0 Å². The largest absolute Gasteiger partial charge is 0.475 e. The van der Waals surface area contributed by atoms with Crippen LogP contribution in [-0.4, -0.2) is 28.7 Å². The fraction of sp³-hybridized carbons (Fsp3) is 0.480. The van der Waals surface area contributed by atoms with E-state index in [1.54, 1.807) is 0 Å². The zero-order chi connectivity index (χ0) is 26.3. The molecule has 0 amide bonds. The minimum absolute atomic E-state index is 0.0125. The summed E-state index contributed by atoms with van der Waals surface area (Å²) < 4.78 is 40.4. The molecule has 0 spiro atoms. The summed E-state index contributed by atoms with van der Waals surface area (Å²) in [5.74, 6) is -0.512. The van der Waals surface area contributed by atoms with Gasteiger partial charge >= 0.3 is 7.82 Å².